The Kier molecular flexibility index (Phi) is 7.24. The lowest BCUT2D eigenvalue weighted by Crippen LogP contribution is -2.28. The molecule has 1 amide bonds. The molecule has 0 unspecified atom stereocenters. The fourth-order valence-electron chi connectivity index (χ4n) is 4.32. The number of carbonyl (C=O) groups is 1. The van der Waals surface area contributed by atoms with Gasteiger partial charge in [0.25, 0.3) is 5.91 Å². The maximum Gasteiger partial charge on any atom is 0.270 e. The molecule has 0 radical (unpaired) electrons. The van der Waals surface area contributed by atoms with Crippen molar-refractivity contribution in [3.63, 3.8) is 0 Å². The van der Waals surface area contributed by atoms with Crippen LogP contribution in [0.15, 0.2) is 109 Å². The molecule has 1 N–H and O–H groups in total. The third-order valence-corrected chi connectivity index (χ3v) is 7.05. The molecular weight excluding hydrogens is 466 g/mol. The average Bonchev–Trinajstić information content (AvgIpc) is 3.63. The summed E-state index contributed by atoms with van der Waals surface area (Å²) in [6.07, 6.45) is 0.786. The summed E-state index contributed by atoms with van der Waals surface area (Å²) < 4.78 is 6.99. The van der Waals surface area contributed by atoms with Crippen LogP contribution in [0, 0.1) is 0 Å². The lowest BCUT2D eigenvalue weighted by molar-refractivity contribution is 0.0945. The number of nitrogens with zero attached hydrogens (tertiary/aromatic N) is 2. The van der Waals surface area contributed by atoms with Gasteiger partial charge >= 0.3 is 0 Å². The monoisotopic (exact) mass is 493 g/mol. The molecule has 0 aliphatic rings. The molecule has 2 aromatic heterocycles. The number of ether oxygens (including phenoxy) is 1. The van der Waals surface area contributed by atoms with Crippen LogP contribution in [0.2, 0.25) is 0 Å². The van der Waals surface area contributed by atoms with Crippen molar-refractivity contribution in [3.05, 3.63) is 125 Å². The molecule has 5 nitrogen and oxygen atoms in total. The van der Waals surface area contributed by atoms with Gasteiger partial charge in [-0.25, -0.2) is 4.68 Å². The molecule has 36 heavy (non-hydrogen) atoms. The molecule has 3 aromatic carbocycles. The second-order valence-corrected chi connectivity index (χ2v) is 9.37. The van der Waals surface area contributed by atoms with Crippen molar-refractivity contribution >= 4 is 17.2 Å². The second kappa shape index (κ2) is 11.1. The van der Waals surface area contributed by atoms with E-state index in [4.69, 9.17) is 9.84 Å². The summed E-state index contributed by atoms with van der Waals surface area (Å²) in [5.74, 6) is 0.796. The van der Waals surface area contributed by atoms with Gasteiger partial charge in [-0.05, 0) is 59.3 Å². The Morgan fingerprint density at radius 3 is 2.17 bits per heavy atom. The zero-order chi connectivity index (χ0) is 24.7. The molecule has 180 valence electrons. The summed E-state index contributed by atoms with van der Waals surface area (Å²) in [6.45, 7) is 0.537. The molecule has 0 saturated heterocycles. The Morgan fingerprint density at radius 2 is 1.58 bits per heavy atom. The summed E-state index contributed by atoms with van der Waals surface area (Å²) >= 11 is 1.60. The summed E-state index contributed by atoms with van der Waals surface area (Å²) in [5.41, 5.74) is 4.55. The van der Waals surface area contributed by atoms with Crippen molar-refractivity contribution in [3.8, 4) is 22.0 Å². The van der Waals surface area contributed by atoms with Gasteiger partial charge in [-0.15, -0.1) is 11.3 Å². The Labute approximate surface area is 215 Å². The number of benzene rings is 3. The number of hydrogen-bond donors (Lipinski definition) is 1. The van der Waals surface area contributed by atoms with Gasteiger partial charge in [-0.1, -0.05) is 66.7 Å². The van der Waals surface area contributed by atoms with Crippen molar-refractivity contribution in [2.24, 2.45) is 0 Å². The van der Waals surface area contributed by atoms with Gasteiger partial charge in [-0.3, -0.25) is 4.79 Å². The van der Waals surface area contributed by atoms with Crippen molar-refractivity contribution in [2.75, 3.05) is 13.7 Å². The number of aromatic nitrogens is 2. The molecule has 5 rings (SSSR count). The minimum atomic E-state index is -0.152. The predicted octanol–water partition coefficient (Wildman–Crippen LogP) is 6.56. The highest BCUT2D eigenvalue weighted by atomic mass is 32.1. The molecule has 0 aliphatic heterocycles. The van der Waals surface area contributed by atoms with Crippen LogP contribution in [0.1, 0.15) is 34.0 Å². The fraction of sp³-hybridized carbons (Fsp3) is 0.133. The SMILES string of the molecule is COc1ccc(-n2nc(-c3cccs3)cc2C(=O)NCCC(c2ccccc2)c2ccccc2)cc1. The lowest BCUT2D eigenvalue weighted by Gasteiger charge is -2.18. The molecule has 0 fully saturated rings. The third kappa shape index (κ3) is 5.24. The van der Waals surface area contributed by atoms with Crippen molar-refractivity contribution < 1.29 is 9.53 Å². The smallest absolute Gasteiger partial charge is 0.270 e. The zero-order valence-electron chi connectivity index (χ0n) is 20.0. The van der Waals surface area contributed by atoms with Crippen molar-refractivity contribution in [1.29, 1.82) is 0 Å². The van der Waals surface area contributed by atoms with E-state index < -0.39 is 0 Å². The van der Waals surface area contributed by atoms with Crippen LogP contribution in [0.3, 0.4) is 0 Å². The van der Waals surface area contributed by atoms with Crippen LogP contribution in [0.25, 0.3) is 16.3 Å². The highest BCUT2D eigenvalue weighted by Crippen LogP contribution is 2.28. The van der Waals surface area contributed by atoms with Gasteiger partial charge in [0.1, 0.15) is 17.1 Å². The van der Waals surface area contributed by atoms with E-state index in [1.165, 1.54) is 11.1 Å². The first kappa shape index (κ1) is 23.6. The highest BCUT2D eigenvalue weighted by Gasteiger charge is 2.19. The van der Waals surface area contributed by atoms with E-state index in [-0.39, 0.29) is 11.8 Å². The second-order valence-electron chi connectivity index (χ2n) is 8.42. The molecule has 5 aromatic rings. The minimum absolute atomic E-state index is 0.152. The van der Waals surface area contributed by atoms with Crippen LogP contribution in [-0.2, 0) is 0 Å². The van der Waals surface area contributed by atoms with E-state index >= 15 is 0 Å². The normalized spacial score (nSPS) is 10.9. The van der Waals surface area contributed by atoms with Gasteiger partial charge in [0.05, 0.1) is 17.7 Å². The predicted molar refractivity (Wildman–Crippen MR) is 145 cm³/mol. The highest BCUT2D eigenvalue weighted by molar-refractivity contribution is 7.13. The average molecular weight is 494 g/mol. The molecule has 0 bridgehead atoms. The number of rotatable bonds is 9. The molecule has 0 aliphatic carbocycles. The van der Waals surface area contributed by atoms with E-state index in [2.05, 4.69) is 53.8 Å². The molecule has 0 spiro atoms. The van der Waals surface area contributed by atoms with Gasteiger partial charge in [-0.2, -0.15) is 5.10 Å². The van der Waals surface area contributed by atoms with Crippen molar-refractivity contribution in [2.45, 2.75) is 12.3 Å². The Balaban J connectivity index is 1.38. The minimum Gasteiger partial charge on any atom is -0.497 e. The first-order valence-electron chi connectivity index (χ1n) is 11.9. The van der Waals surface area contributed by atoms with Gasteiger partial charge in [0.2, 0.25) is 0 Å². The first-order valence-corrected chi connectivity index (χ1v) is 12.8. The van der Waals surface area contributed by atoms with Crippen molar-refractivity contribution in [1.82, 2.24) is 15.1 Å². The van der Waals surface area contributed by atoms with Crippen LogP contribution in [0.5, 0.6) is 5.75 Å². The molecule has 2 heterocycles. The van der Waals surface area contributed by atoms with Crippen LogP contribution in [0.4, 0.5) is 0 Å². The topological polar surface area (TPSA) is 56.2 Å². The zero-order valence-corrected chi connectivity index (χ0v) is 20.8. The molecule has 6 heteroatoms. The summed E-state index contributed by atoms with van der Waals surface area (Å²) in [4.78, 5) is 14.4. The Bertz CT molecular complexity index is 1360. The summed E-state index contributed by atoms with van der Waals surface area (Å²) in [6, 6.07) is 34.3. The van der Waals surface area contributed by atoms with E-state index in [0.29, 0.717) is 12.2 Å². The maximum absolute atomic E-state index is 13.4. The fourth-order valence-corrected chi connectivity index (χ4v) is 5.01. The standard InChI is InChI=1S/C30H27N3O2S/c1-35-25-16-14-24(15-17-25)33-28(21-27(32-33)29-13-8-20-36-29)30(34)31-19-18-26(22-9-4-2-5-10-22)23-11-6-3-7-12-23/h2-17,20-21,26H,18-19H2,1H3,(H,31,34). The number of carbonyl (C=O) groups excluding carboxylic acids is 1. The van der Waals surface area contributed by atoms with E-state index in [9.17, 15) is 4.79 Å². The van der Waals surface area contributed by atoms with Gasteiger partial charge in [0, 0.05) is 12.5 Å². The molecule has 0 atom stereocenters. The Hall–Kier alpha value is -4.16. The third-order valence-electron chi connectivity index (χ3n) is 6.16. The van der Waals surface area contributed by atoms with E-state index in [0.717, 1.165) is 28.4 Å². The summed E-state index contributed by atoms with van der Waals surface area (Å²) in [7, 11) is 1.63. The van der Waals surface area contributed by atoms with Crippen LogP contribution < -0.4 is 10.1 Å². The van der Waals surface area contributed by atoms with Crippen LogP contribution >= 0.6 is 11.3 Å². The maximum atomic E-state index is 13.4. The number of hydrogen-bond acceptors (Lipinski definition) is 4. The molecular formula is C30H27N3O2S. The number of amides is 1. The molecule has 0 saturated carbocycles. The van der Waals surface area contributed by atoms with E-state index in [1.54, 1.807) is 23.1 Å². The van der Waals surface area contributed by atoms with Gasteiger partial charge in [0.15, 0.2) is 0 Å². The van der Waals surface area contributed by atoms with Crippen LogP contribution in [-0.4, -0.2) is 29.3 Å². The first-order chi connectivity index (χ1) is 17.7. The number of thiophene rings is 1. The summed E-state index contributed by atoms with van der Waals surface area (Å²) in [5, 5.41) is 9.91. The van der Waals surface area contributed by atoms with Gasteiger partial charge < -0.3 is 10.1 Å². The number of nitrogens with one attached hydrogen (secondary N) is 1. The largest absolute Gasteiger partial charge is 0.497 e. The quantitative estimate of drug-likeness (QED) is 0.253. The van der Waals surface area contributed by atoms with E-state index in [1.807, 2.05) is 60.0 Å². The number of methoxy groups -OCH3 is 1. The Morgan fingerprint density at radius 1 is 0.917 bits per heavy atom. The lowest BCUT2D eigenvalue weighted by atomic mass is 9.88.